The van der Waals surface area contributed by atoms with E-state index in [1.54, 1.807) is 37.3 Å². The third kappa shape index (κ3) is 4.00. The molecule has 1 aromatic carbocycles. The van der Waals surface area contributed by atoms with Gasteiger partial charge in [0.1, 0.15) is 10.0 Å². The SMILES string of the molecule is Cc1cc(S(=O)(=O)N(CCC(N)=O)c2ccccc2)cnc1Cl. The minimum Gasteiger partial charge on any atom is -0.370 e. The van der Waals surface area contributed by atoms with Gasteiger partial charge in [0.15, 0.2) is 0 Å². The molecule has 0 saturated carbocycles. The van der Waals surface area contributed by atoms with Gasteiger partial charge in [-0.15, -0.1) is 0 Å². The van der Waals surface area contributed by atoms with Gasteiger partial charge in [0.2, 0.25) is 5.91 Å². The fourth-order valence-corrected chi connectivity index (χ4v) is 3.60. The Morgan fingerprint density at radius 1 is 1.30 bits per heavy atom. The smallest absolute Gasteiger partial charge is 0.265 e. The van der Waals surface area contributed by atoms with E-state index < -0.39 is 15.9 Å². The molecule has 0 fully saturated rings. The largest absolute Gasteiger partial charge is 0.370 e. The van der Waals surface area contributed by atoms with Crippen LogP contribution in [0.15, 0.2) is 47.5 Å². The number of nitrogens with zero attached hydrogens (tertiary/aromatic N) is 2. The Balaban J connectivity index is 2.47. The van der Waals surface area contributed by atoms with Gasteiger partial charge in [-0.3, -0.25) is 9.10 Å². The summed E-state index contributed by atoms with van der Waals surface area (Å²) in [6, 6.07) is 9.95. The standard InChI is InChI=1S/C15H16ClN3O3S/c1-11-9-13(10-18-15(11)16)23(21,22)19(8-7-14(17)20)12-5-3-2-4-6-12/h2-6,9-10H,7-8H2,1H3,(H2,17,20). The first-order valence-corrected chi connectivity index (χ1v) is 8.62. The highest BCUT2D eigenvalue weighted by atomic mass is 35.5. The summed E-state index contributed by atoms with van der Waals surface area (Å²) in [7, 11) is -3.88. The average Bonchev–Trinajstić information content (AvgIpc) is 2.50. The maximum atomic E-state index is 12.9. The first-order valence-electron chi connectivity index (χ1n) is 6.80. The van der Waals surface area contributed by atoms with E-state index in [1.807, 2.05) is 0 Å². The molecule has 0 aliphatic heterocycles. The highest BCUT2D eigenvalue weighted by Crippen LogP contribution is 2.25. The maximum Gasteiger partial charge on any atom is 0.265 e. The van der Waals surface area contributed by atoms with E-state index in [2.05, 4.69) is 4.98 Å². The minimum absolute atomic E-state index is 0.00715. The number of sulfonamides is 1. The number of pyridine rings is 1. The molecule has 122 valence electrons. The quantitative estimate of drug-likeness (QED) is 0.805. The van der Waals surface area contributed by atoms with E-state index in [-0.39, 0.29) is 23.0 Å². The van der Waals surface area contributed by atoms with Crippen molar-refractivity contribution in [2.24, 2.45) is 5.73 Å². The van der Waals surface area contributed by atoms with Crippen LogP contribution < -0.4 is 10.0 Å². The molecule has 0 aliphatic carbocycles. The number of anilines is 1. The number of carbonyl (C=O) groups is 1. The lowest BCUT2D eigenvalue weighted by atomic mass is 10.3. The minimum atomic E-state index is -3.88. The Kier molecular flexibility index (Phi) is 5.23. The van der Waals surface area contributed by atoms with E-state index in [0.717, 1.165) is 4.31 Å². The second-order valence-electron chi connectivity index (χ2n) is 4.91. The van der Waals surface area contributed by atoms with Crippen LogP contribution in [0.2, 0.25) is 5.15 Å². The zero-order valence-electron chi connectivity index (χ0n) is 12.4. The lowest BCUT2D eigenvalue weighted by Crippen LogP contribution is -2.34. The molecular weight excluding hydrogens is 338 g/mol. The van der Waals surface area contributed by atoms with Gasteiger partial charge in [-0.2, -0.15) is 0 Å². The summed E-state index contributed by atoms with van der Waals surface area (Å²) in [6.07, 6.45) is 1.11. The highest BCUT2D eigenvalue weighted by molar-refractivity contribution is 7.92. The van der Waals surface area contributed by atoms with Gasteiger partial charge in [0.05, 0.1) is 5.69 Å². The molecule has 0 radical (unpaired) electrons. The topological polar surface area (TPSA) is 93.4 Å². The summed E-state index contributed by atoms with van der Waals surface area (Å²) in [5.41, 5.74) is 6.15. The lowest BCUT2D eigenvalue weighted by molar-refractivity contribution is -0.117. The van der Waals surface area contributed by atoms with Crippen LogP contribution in [0.3, 0.4) is 0 Å². The molecule has 0 atom stereocenters. The van der Waals surface area contributed by atoms with E-state index >= 15 is 0 Å². The van der Waals surface area contributed by atoms with Crippen LogP contribution in [0.5, 0.6) is 0 Å². The van der Waals surface area contributed by atoms with Gasteiger partial charge in [0.25, 0.3) is 10.0 Å². The van der Waals surface area contributed by atoms with Crippen LogP contribution in [0.25, 0.3) is 0 Å². The molecule has 0 unspecified atom stereocenters. The highest BCUT2D eigenvalue weighted by Gasteiger charge is 2.26. The van der Waals surface area contributed by atoms with Crippen LogP contribution in [0, 0.1) is 6.92 Å². The number of nitrogens with two attached hydrogens (primary N) is 1. The molecule has 23 heavy (non-hydrogen) atoms. The number of para-hydroxylation sites is 1. The molecule has 8 heteroatoms. The maximum absolute atomic E-state index is 12.9. The number of hydrogen-bond donors (Lipinski definition) is 1. The molecule has 0 aliphatic rings. The van der Waals surface area contributed by atoms with E-state index in [9.17, 15) is 13.2 Å². The summed E-state index contributed by atoms with van der Waals surface area (Å²) in [5.74, 6) is -0.577. The molecular formula is C15H16ClN3O3S. The average molecular weight is 354 g/mol. The Bertz CT molecular complexity index is 810. The molecule has 0 spiro atoms. The first kappa shape index (κ1) is 17.2. The van der Waals surface area contributed by atoms with Gasteiger partial charge in [-0.25, -0.2) is 13.4 Å². The first-order chi connectivity index (χ1) is 10.8. The molecule has 6 nitrogen and oxygen atoms in total. The monoisotopic (exact) mass is 353 g/mol. The number of benzene rings is 1. The lowest BCUT2D eigenvalue weighted by Gasteiger charge is -2.24. The second kappa shape index (κ2) is 6.97. The predicted octanol–water partition coefficient (Wildman–Crippen LogP) is 2.11. The summed E-state index contributed by atoms with van der Waals surface area (Å²) in [6.45, 7) is 1.62. The van der Waals surface area contributed by atoms with Crippen molar-refractivity contribution < 1.29 is 13.2 Å². The molecule has 2 rings (SSSR count). The number of carbonyl (C=O) groups excluding carboxylic acids is 1. The number of halogens is 1. The number of aromatic nitrogens is 1. The van der Waals surface area contributed by atoms with Gasteiger partial charge in [0, 0.05) is 19.2 Å². The molecule has 0 bridgehead atoms. The zero-order valence-corrected chi connectivity index (χ0v) is 14.0. The Morgan fingerprint density at radius 3 is 2.52 bits per heavy atom. The summed E-state index contributed by atoms with van der Waals surface area (Å²) < 4.78 is 26.9. The molecule has 2 N–H and O–H groups in total. The third-order valence-corrected chi connectivity index (χ3v) is 5.37. The number of amides is 1. The third-order valence-electron chi connectivity index (χ3n) is 3.18. The summed E-state index contributed by atoms with van der Waals surface area (Å²) in [5, 5.41) is 0.243. The van der Waals surface area contributed by atoms with Gasteiger partial charge >= 0.3 is 0 Å². The Labute approximate surface area is 139 Å². The van der Waals surface area contributed by atoms with Crippen molar-refractivity contribution in [3.05, 3.63) is 53.3 Å². The molecule has 0 saturated heterocycles. The van der Waals surface area contributed by atoms with E-state index in [4.69, 9.17) is 17.3 Å². The van der Waals surface area contributed by atoms with Gasteiger partial charge < -0.3 is 5.73 Å². The Morgan fingerprint density at radius 2 is 1.96 bits per heavy atom. The summed E-state index contributed by atoms with van der Waals surface area (Å²) >= 11 is 5.85. The van der Waals surface area contributed by atoms with Crippen LogP contribution in [0.4, 0.5) is 5.69 Å². The molecule has 1 aromatic heterocycles. The second-order valence-corrected chi connectivity index (χ2v) is 7.13. The van der Waals surface area contributed by atoms with Crippen LogP contribution >= 0.6 is 11.6 Å². The zero-order chi connectivity index (χ0) is 17.0. The van der Waals surface area contributed by atoms with Crippen LogP contribution in [0.1, 0.15) is 12.0 Å². The van der Waals surface area contributed by atoms with Crippen molar-refractivity contribution in [2.45, 2.75) is 18.2 Å². The number of hydrogen-bond acceptors (Lipinski definition) is 4. The van der Waals surface area contributed by atoms with E-state index in [1.165, 1.54) is 12.3 Å². The van der Waals surface area contributed by atoms with Crippen LogP contribution in [-0.4, -0.2) is 25.9 Å². The Hall–Kier alpha value is -2.12. The fraction of sp³-hybridized carbons (Fsp3) is 0.200. The van der Waals surface area contributed by atoms with Crippen LogP contribution in [-0.2, 0) is 14.8 Å². The summed E-state index contributed by atoms with van der Waals surface area (Å²) in [4.78, 5) is 15.0. The fourth-order valence-electron chi connectivity index (χ4n) is 1.99. The van der Waals surface area contributed by atoms with Crippen molar-refractivity contribution >= 4 is 33.2 Å². The van der Waals surface area contributed by atoms with E-state index in [0.29, 0.717) is 11.3 Å². The number of primary amides is 1. The predicted molar refractivity (Wildman–Crippen MR) is 88.8 cm³/mol. The van der Waals surface area contributed by atoms with Crippen molar-refractivity contribution in [1.29, 1.82) is 0 Å². The molecule has 1 amide bonds. The van der Waals surface area contributed by atoms with Crippen molar-refractivity contribution in [2.75, 3.05) is 10.8 Å². The number of aryl methyl sites for hydroxylation is 1. The van der Waals surface area contributed by atoms with Crippen molar-refractivity contribution in [3.63, 3.8) is 0 Å². The van der Waals surface area contributed by atoms with Gasteiger partial charge in [-0.1, -0.05) is 29.8 Å². The molecule has 1 heterocycles. The van der Waals surface area contributed by atoms with Gasteiger partial charge in [-0.05, 0) is 30.7 Å². The normalized spacial score (nSPS) is 11.2. The number of rotatable bonds is 6. The molecule has 2 aromatic rings. The van der Waals surface area contributed by atoms with Crippen molar-refractivity contribution in [3.8, 4) is 0 Å². The van der Waals surface area contributed by atoms with Crippen molar-refractivity contribution in [1.82, 2.24) is 4.98 Å².